The van der Waals surface area contributed by atoms with E-state index >= 15 is 0 Å². The summed E-state index contributed by atoms with van der Waals surface area (Å²) < 4.78 is 38.2. The van der Waals surface area contributed by atoms with Gasteiger partial charge >= 0.3 is 12.1 Å². The lowest BCUT2D eigenvalue weighted by molar-refractivity contribution is -0.141. The van der Waals surface area contributed by atoms with Crippen molar-refractivity contribution in [2.45, 2.75) is 38.9 Å². The lowest BCUT2D eigenvalue weighted by atomic mass is 10.1. The Hall–Kier alpha value is -2.16. The number of rotatable bonds is 5. The van der Waals surface area contributed by atoms with Gasteiger partial charge in [-0.1, -0.05) is 13.3 Å². The smallest absolute Gasteiger partial charge is 0.433 e. The molecule has 0 radical (unpaired) electrons. The van der Waals surface area contributed by atoms with Crippen molar-refractivity contribution < 1.29 is 27.9 Å². The monoisotopic (exact) mass is 360 g/mol. The van der Waals surface area contributed by atoms with Crippen LogP contribution in [0.3, 0.4) is 0 Å². The highest BCUT2D eigenvalue weighted by Crippen LogP contribution is 2.34. The van der Waals surface area contributed by atoms with Gasteiger partial charge in [-0.25, -0.2) is 9.78 Å². The molecule has 0 aliphatic heterocycles. The first-order valence-corrected chi connectivity index (χ1v) is 7.97. The first-order valence-electron chi connectivity index (χ1n) is 7.16. The van der Waals surface area contributed by atoms with Gasteiger partial charge in [-0.2, -0.15) is 13.2 Å². The van der Waals surface area contributed by atoms with Crippen LogP contribution in [0, 0.1) is 6.92 Å². The predicted octanol–water partition coefficient (Wildman–Crippen LogP) is 3.61. The molecule has 2 heterocycles. The summed E-state index contributed by atoms with van der Waals surface area (Å²) in [5.74, 6) is -1.77. The van der Waals surface area contributed by atoms with Crippen molar-refractivity contribution >= 4 is 33.4 Å². The first kappa shape index (κ1) is 18.2. The molecule has 2 N–H and O–H groups in total. The van der Waals surface area contributed by atoms with Gasteiger partial charge in [0.2, 0.25) is 0 Å². The van der Waals surface area contributed by atoms with E-state index in [-0.39, 0.29) is 16.1 Å². The van der Waals surface area contributed by atoms with Crippen LogP contribution in [0.15, 0.2) is 12.1 Å². The number of fused-ring (bicyclic) bond motifs is 1. The maximum atomic E-state index is 12.7. The van der Waals surface area contributed by atoms with Crippen LogP contribution < -0.4 is 5.32 Å². The Bertz CT molecular complexity index is 786. The highest BCUT2D eigenvalue weighted by molar-refractivity contribution is 7.20. The second kappa shape index (κ2) is 6.76. The molecule has 130 valence electrons. The molecule has 2 aromatic heterocycles. The van der Waals surface area contributed by atoms with Gasteiger partial charge in [-0.3, -0.25) is 4.79 Å². The largest absolute Gasteiger partial charge is 0.480 e. The van der Waals surface area contributed by atoms with Gasteiger partial charge in [0, 0.05) is 5.39 Å². The van der Waals surface area contributed by atoms with Crippen molar-refractivity contribution in [2.24, 2.45) is 0 Å². The second-order valence-corrected chi connectivity index (χ2v) is 6.26. The molecule has 0 aliphatic carbocycles. The summed E-state index contributed by atoms with van der Waals surface area (Å²) in [6.07, 6.45) is -3.73. The number of hydrogen-bond donors (Lipinski definition) is 2. The Morgan fingerprint density at radius 2 is 2.04 bits per heavy atom. The van der Waals surface area contributed by atoms with Crippen LogP contribution in [0.25, 0.3) is 10.2 Å². The normalized spacial score (nSPS) is 13.0. The molecular weight excluding hydrogens is 345 g/mol. The third-order valence-corrected chi connectivity index (χ3v) is 4.68. The van der Waals surface area contributed by atoms with E-state index in [2.05, 4.69) is 10.3 Å². The molecular formula is C15H15F3N2O3S. The Balaban J connectivity index is 2.36. The average Bonchev–Trinajstić information content (AvgIpc) is 2.82. The number of carbonyl (C=O) groups is 2. The molecule has 2 aromatic rings. The number of alkyl halides is 3. The van der Waals surface area contributed by atoms with E-state index in [1.54, 1.807) is 13.8 Å². The summed E-state index contributed by atoms with van der Waals surface area (Å²) >= 11 is 0.818. The van der Waals surface area contributed by atoms with E-state index in [1.807, 2.05) is 0 Å². The topological polar surface area (TPSA) is 79.3 Å². The number of thiophene rings is 1. The molecule has 0 saturated carbocycles. The number of pyridine rings is 1. The van der Waals surface area contributed by atoms with Crippen molar-refractivity contribution in [3.8, 4) is 0 Å². The molecule has 2 rings (SSSR count). The Kier molecular flexibility index (Phi) is 5.12. The number of nitrogens with zero attached hydrogens (tertiary/aromatic N) is 1. The van der Waals surface area contributed by atoms with Gasteiger partial charge in [0.25, 0.3) is 5.91 Å². The molecule has 0 spiro atoms. The van der Waals surface area contributed by atoms with Crippen LogP contribution in [-0.4, -0.2) is 28.0 Å². The fourth-order valence-electron chi connectivity index (χ4n) is 2.24. The number of carboxylic acids is 1. The number of carbonyl (C=O) groups excluding carboxylic acids is 1. The minimum absolute atomic E-state index is 0.0924. The molecule has 0 saturated heterocycles. The number of aryl methyl sites for hydroxylation is 1. The minimum atomic E-state index is -4.57. The molecule has 24 heavy (non-hydrogen) atoms. The third kappa shape index (κ3) is 3.66. The molecule has 0 bridgehead atoms. The molecule has 1 atom stereocenters. The molecule has 0 aliphatic rings. The number of carboxylic acid groups (broad SMARTS) is 1. The Morgan fingerprint density at radius 1 is 1.38 bits per heavy atom. The summed E-state index contributed by atoms with van der Waals surface area (Å²) in [5.41, 5.74) is -0.549. The number of halogens is 3. The summed E-state index contributed by atoms with van der Waals surface area (Å²) in [4.78, 5) is 27.2. The van der Waals surface area contributed by atoms with E-state index in [0.29, 0.717) is 17.4 Å². The van der Waals surface area contributed by atoms with Crippen LogP contribution in [0.2, 0.25) is 0 Å². The summed E-state index contributed by atoms with van der Waals surface area (Å²) in [5, 5.41) is 11.9. The predicted molar refractivity (Wildman–Crippen MR) is 83.2 cm³/mol. The number of amides is 1. The van der Waals surface area contributed by atoms with E-state index in [0.717, 1.165) is 17.4 Å². The maximum Gasteiger partial charge on any atom is 0.433 e. The van der Waals surface area contributed by atoms with Crippen LogP contribution in [0.4, 0.5) is 13.2 Å². The Morgan fingerprint density at radius 3 is 2.58 bits per heavy atom. The van der Waals surface area contributed by atoms with Crippen molar-refractivity contribution in [3.05, 3.63) is 28.3 Å². The highest BCUT2D eigenvalue weighted by atomic mass is 32.1. The number of aromatic nitrogens is 1. The summed E-state index contributed by atoms with van der Waals surface area (Å²) in [6, 6.07) is 1.10. The Labute approximate surface area is 139 Å². The first-order chi connectivity index (χ1) is 11.1. The number of nitrogens with one attached hydrogen (secondary N) is 1. The lowest BCUT2D eigenvalue weighted by Gasteiger charge is -2.12. The van der Waals surface area contributed by atoms with Crippen molar-refractivity contribution in [1.29, 1.82) is 0 Å². The molecule has 5 nitrogen and oxygen atoms in total. The van der Waals surface area contributed by atoms with Gasteiger partial charge in [0.1, 0.15) is 16.6 Å². The standard InChI is InChI=1S/C15H15F3N2O3S/c1-3-4-9(14(22)23)19-12(21)11-7(2)8-5-6-10(15(16,17)18)20-13(8)24-11/h5-6,9H,3-4H2,1-2H3,(H,19,21)(H,22,23). The van der Waals surface area contributed by atoms with Crippen LogP contribution >= 0.6 is 11.3 Å². The highest BCUT2D eigenvalue weighted by Gasteiger charge is 2.33. The molecule has 0 fully saturated rings. The number of hydrogen-bond acceptors (Lipinski definition) is 4. The molecule has 9 heteroatoms. The van der Waals surface area contributed by atoms with Crippen molar-refractivity contribution in [2.75, 3.05) is 0 Å². The second-order valence-electron chi connectivity index (χ2n) is 5.26. The van der Waals surface area contributed by atoms with E-state index < -0.39 is 29.8 Å². The zero-order valence-electron chi connectivity index (χ0n) is 12.9. The van der Waals surface area contributed by atoms with Crippen LogP contribution in [0.1, 0.15) is 40.7 Å². The van der Waals surface area contributed by atoms with Gasteiger partial charge in [0.05, 0.1) is 4.88 Å². The molecule has 0 aromatic carbocycles. The maximum absolute atomic E-state index is 12.7. The van der Waals surface area contributed by atoms with E-state index in [1.165, 1.54) is 6.07 Å². The SMILES string of the molecule is CCCC(NC(=O)c1sc2nc(C(F)(F)F)ccc2c1C)C(=O)O. The van der Waals surface area contributed by atoms with E-state index in [4.69, 9.17) is 5.11 Å². The quantitative estimate of drug-likeness (QED) is 0.854. The summed E-state index contributed by atoms with van der Waals surface area (Å²) in [6.45, 7) is 3.38. The van der Waals surface area contributed by atoms with Crippen molar-refractivity contribution in [3.63, 3.8) is 0 Å². The molecule has 1 amide bonds. The fourth-order valence-corrected chi connectivity index (χ4v) is 3.33. The average molecular weight is 360 g/mol. The lowest BCUT2D eigenvalue weighted by Crippen LogP contribution is -2.40. The van der Waals surface area contributed by atoms with Crippen LogP contribution in [0.5, 0.6) is 0 Å². The zero-order valence-corrected chi connectivity index (χ0v) is 13.7. The fraction of sp³-hybridized carbons (Fsp3) is 0.400. The van der Waals surface area contributed by atoms with Gasteiger partial charge < -0.3 is 10.4 Å². The molecule has 1 unspecified atom stereocenters. The summed E-state index contributed by atoms with van der Waals surface area (Å²) in [7, 11) is 0. The van der Waals surface area contributed by atoms with Gasteiger partial charge in [-0.15, -0.1) is 11.3 Å². The van der Waals surface area contributed by atoms with Gasteiger partial charge in [0.15, 0.2) is 0 Å². The van der Waals surface area contributed by atoms with Crippen LogP contribution in [-0.2, 0) is 11.0 Å². The minimum Gasteiger partial charge on any atom is -0.480 e. The number of aliphatic carboxylic acids is 1. The van der Waals surface area contributed by atoms with Crippen molar-refractivity contribution in [1.82, 2.24) is 10.3 Å². The van der Waals surface area contributed by atoms with Gasteiger partial charge in [-0.05, 0) is 31.0 Å². The third-order valence-electron chi connectivity index (χ3n) is 3.48. The zero-order chi connectivity index (χ0) is 18.1. The van der Waals surface area contributed by atoms with E-state index in [9.17, 15) is 22.8 Å².